The van der Waals surface area contributed by atoms with Crippen LogP contribution in [0.1, 0.15) is 119 Å². The van der Waals surface area contributed by atoms with E-state index in [4.69, 9.17) is 10.5 Å². The van der Waals surface area contributed by atoms with Crippen molar-refractivity contribution < 1.29 is 28.7 Å². The van der Waals surface area contributed by atoms with Crippen molar-refractivity contribution in [3.05, 3.63) is 0 Å². The van der Waals surface area contributed by atoms with Crippen molar-refractivity contribution in [2.45, 2.75) is 130 Å². The number of carbonyl (C=O) groups is 5. The fourth-order valence-corrected chi connectivity index (χ4v) is 7.86. The van der Waals surface area contributed by atoms with Gasteiger partial charge in [0.15, 0.2) is 5.78 Å². The second-order valence-electron chi connectivity index (χ2n) is 15.7. The van der Waals surface area contributed by atoms with Gasteiger partial charge in [0.2, 0.25) is 11.7 Å². The van der Waals surface area contributed by atoms with Crippen LogP contribution in [0.3, 0.4) is 0 Å². The highest BCUT2D eigenvalue weighted by molar-refractivity contribution is 6.36. The molecule has 0 bridgehead atoms. The third kappa shape index (κ3) is 7.40. The van der Waals surface area contributed by atoms with Crippen molar-refractivity contribution in [1.29, 1.82) is 0 Å². The van der Waals surface area contributed by atoms with Crippen LogP contribution in [0, 0.1) is 40.4 Å². The Morgan fingerprint density at radius 1 is 0.902 bits per heavy atom. The van der Waals surface area contributed by atoms with Crippen molar-refractivity contribution >= 4 is 29.4 Å². The van der Waals surface area contributed by atoms with Crippen LogP contribution in [-0.2, 0) is 28.7 Å². The van der Waals surface area contributed by atoms with Gasteiger partial charge in [-0.15, -0.1) is 0 Å². The molecular weight excluding hydrogens is 520 g/mol. The average Bonchev–Trinajstić information content (AvgIpc) is 3.16. The quantitative estimate of drug-likeness (QED) is 0.275. The summed E-state index contributed by atoms with van der Waals surface area (Å²) in [4.78, 5) is 67.6. The Bertz CT molecular complexity index is 1040. The van der Waals surface area contributed by atoms with Crippen LogP contribution in [0.5, 0.6) is 0 Å². The molecule has 41 heavy (non-hydrogen) atoms. The number of esters is 1. The third-order valence-electron chi connectivity index (χ3n) is 10.4. The first-order chi connectivity index (χ1) is 19.0. The van der Waals surface area contributed by atoms with Crippen LogP contribution in [0.25, 0.3) is 0 Å². The highest BCUT2D eigenvalue weighted by Gasteiger charge is 2.64. The van der Waals surface area contributed by atoms with Gasteiger partial charge in [-0.05, 0) is 68.6 Å². The fraction of sp³-hybridized carbons (Fsp3) is 0.848. The lowest BCUT2D eigenvalue weighted by Crippen LogP contribution is -2.48. The molecule has 0 aromatic rings. The lowest BCUT2D eigenvalue weighted by molar-refractivity contribution is -0.161. The van der Waals surface area contributed by atoms with E-state index in [1.807, 2.05) is 20.8 Å². The number of hydrogen-bond donors (Lipinski definition) is 1. The maximum atomic E-state index is 14.3. The first-order valence-corrected chi connectivity index (χ1v) is 15.9. The number of nitrogens with two attached hydrogens (primary N) is 1. The molecule has 5 atom stereocenters. The molecule has 0 aromatic carbocycles. The fourth-order valence-electron chi connectivity index (χ4n) is 7.86. The summed E-state index contributed by atoms with van der Waals surface area (Å²) in [5.74, 6) is -2.34. The molecule has 3 aliphatic carbocycles. The number of nitrogens with zero attached hydrogens (tertiary/aromatic N) is 1. The van der Waals surface area contributed by atoms with E-state index >= 15 is 0 Å². The molecule has 4 aliphatic rings. The molecular formula is C33H52N2O6. The van der Waals surface area contributed by atoms with E-state index in [9.17, 15) is 24.0 Å². The molecule has 230 valence electrons. The van der Waals surface area contributed by atoms with Gasteiger partial charge in [-0.1, -0.05) is 65.7 Å². The number of likely N-dealkylation sites (tertiary alicyclic amines) is 1. The molecule has 3 unspecified atom stereocenters. The number of rotatable bonds is 11. The van der Waals surface area contributed by atoms with E-state index in [1.54, 1.807) is 25.7 Å². The monoisotopic (exact) mass is 572 g/mol. The molecule has 1 saturated heterocycles. The second kappa shape index (κ2) is 11.8. The number of Topliss-reactive ketones (excluding diaryl/α,β-unsaturated/α-hetero) is 2. The highest BCUT2D eigenvalue weighted by atomic mass is 16.6. The van der Waals surface area contributed by atoms with Crippen molar-refractivity contribution in [2.75, 3.05) is 6.54 Å². The number of ether oxygens (including phenoxy) is 1. The number of hydrogen-bond acceptors (Lipinski definition) is 6. The Morgan fingerprint density at radius 3 is 2.05 bits per heavy atom. The van der Waals surface area contributed by atoms with Gasteiger partial charge in [-0.2, -0.15) is 0 Å². The van der Waals surface area contributed by atoms with Crippen LogP contribution in [-0.4, -0.2) is 52.4 Å². The Kier molecular flexibility index (Phi) is 9.11. The van der Waals surface area contributed by atoms with E-state index in [0.717, 1.165) is 25.7 Å². The summed E-state index contributed by atoms with van der Waals surface area (Å²) in [6.45, 7) is 11.8. The van der Waals surface area contributed by atoms with Crippen LogP contribution in [0.15, 0.2) is 0 Å². The predicted octanol–water partition coefficient (Wildman–Crippen LogP) is 5.00. The van der Waals surface area contributed by atoms with Crippen LogP contribution in [0.2, 0.25) is 0 Å². The maximum Gasteiger partial charge on any atom is 0.307 e. The van der Waals surface area contributed by atoms with E-state index in [2.05, 4.69) is 0 Å². The molecule has 0 aromatic heterocycles. The van der Waals surface area contributed by atoms with Crippen LogP contribution in [0.4, 0.5) is 0 Å². The summed E-state index contributed by atoms with van der Waals surface area (Å²) in [6, 6.07) is -0.651. The zero-order chi connectivity index (χ0) is 30.3. The SMILES string of the molecule is CC(C)(C)OC(=O)C[C@H](C(=O)N1C[C@]2(CC1C(=O)CC(CC1CCC1)C(=O)C(N)=O)CC2C1CCCC1)C(C)(C)C. The largest absolute Gasteiger partial charge is 0.460 e. The third-order valence-corrected chi connectivity index (χ3v) is 10.4. The smallest absolute Gasteiger partial charge is 0.307 e. The standard InChI is InChI=1S/C33H52N2O6/c1-31(2,3)23(16-27(37)41-32(4,5)6)30(40)35-19-33(17-24(33)21-12-7-8-13-21)18-25(35)26(36)15-22(28(38)29(34)39)14-20-10-9-11-20/h20-25H,7-19H2,1-6H3,(H2,34,39)/t22?,23-,24?,25?,33-/m1/s1. The Hall–Kier alpha value is -2.25. The molecule has 0 radical (unpaired) electrons. The zero-order valence-corrected chi connectivity index (χ0v) is 26.1. The average molecular weight is 573 g/mol. The Balaban J connectivity index is 1.58. The maximum absolute atomic E-state index is 14.3. The van der Waals surface area contributed by atoms with E-state index in [0.29, 0.717) is 37.1 Å². The zero-order valence-electron chi connectivity index (χ0n) is 26.1. The van der Waals surface area contributed by atoms with Crippen LogP contribution < -0.4 is 5.73 Å². The predicted molar refractivity (Wildman–Crippen MR) is 155 cm³/mol. The van der Waals surface area contributed by atoms with Crippen LogP contribution >= 0.6 is 0 Å². The lowest BCUT2D eigenvalue weighted by atomic mass is 9.76. The van der Waals surface area contributed by atoms with Gasteiger partial charge in [-0.25, -0.2) is 0 Å². The molecule has 1 spiro atoms. The lowest BCUT2D eigenvalue weighted by Gasteiger charge is -2.35. The summed E-state index contributed by atoms with van der Waals surface area (Å²) < 4.78 is 5.58. The Labute approximate surface area is 245 Å². The summed E-state index contributed by atoms with van der Waals surface area (Å²) in [7, 11) is 0. The van der Waals surface area contributed by atoms with Crippen molar-refractivity contribution in [1.82, 2.24) is 4.90 Å². The molecule has 8 heteroatoms. The molecule has 4 rings (SSSR count). The first-order valence-electron chi connectivity index (χ1n) is 15.9. The van der Waals surface area contributed by atoms with Gasteiger partial charge in [0.25, 0.3) is 5.91 Å². The number of carbonyl (C=O) groups excluding carboxylic acids is 5. The van der Waals surface area contributed by atoms with Crippen molar-refractivity contribution in [3.63, 3.8) is 0 Å². The summed E-state index contributed by atoms with van der Waals surface area (Å²) >= 11 is 0. The molecule has 2 amide bonds. The van der Waals surface area contributed by atoms with Gasteiger partial charge in [0.05, 0.1) is 18.4 Å². The molecule has 2 N–H and O–H groups in total. The van der Waals surface area contributed by atoms with Crippen molar-refractivity contribution in [2.24, 2.45) is 46.2 Å². The molecule has 8 nitrogen and oxygen atoms in total. The minimum absolute atomic E-state index is 0.0550. The van der Waals surface area contributed by atoms with Gasteiger partial charge < -0.3 is 15.4 Å². The number of amides is 2. The number of ketones is 2. The second-order valence-corrected chi connectivity index (χ2v) is 15.7. The molecule has 1 aliphatic heterocycles. The van der Waals surface area contributed by atoms with Gasteiger partial charge in [0.1, 0.15) is 5.60 Å². The van der Waals surface area contributed by atoms with Gasteiger partial charge in [-0.3, -0.25) is 24.0 Å². The van der Waals surface area contributed by atoms with E-state index in [1.165, 1.54) is 25.7 Å². The summed E-state index contributed by atoms with van der Waals surface area (Å²) in [6.07, 6.45) is 9.97. The summed E-state index contributed by atoms with van der Waals surface area (Å²) in [5.41, 5.74) is 4.12. The normalized spacial score (nSPS) is 28.3. The number of primary amides is 1. The first kappa shape index (κ1) is 31.7. The molecule has 1 heterocycles. The van der Waals surface area contributed by atoms with E-state index < -0.39 is 46.6 Å². The minimum Gasteiger partial charge on any atom is -0.460 e. The Morgan fingerprint density at radius 2 is 1.54 bits per heavy atom. The van der Waals surface area contributed by atoms with E-state index in [-0.39, 0.29) is 29.9 Å². The van der Waals surface area contributed by atoms with Gasteiger partial charge >= 0.3 is 5.97 Å². The minimum atomic E-state index is -0.994. The molecule has 3 saturated carbocycles. The summed E-state index contributed by atoms with van der Waals surface area (Å²) in [5, 5.41) is 0. The van der Waals surface area contributed by atoms with Crippen molar-refractivity contribution in [3.8, 4) is 0 Å². The highest BCUT2D eigenvalue weighted by Crippen LogP contribution is 2.65. The van der Waals surface area contributed by atoms with Gasteiger partial charge in [0, 0.05) is 18.9 Å². The molecule has 4 fully saturated rings. The topological polar surface area (TPSA) is 124 Å².